The molecule has 1 unspecified atom stereocenters. The molecule has 1 fully saturated rings. The van der Waals surface area contributed by atoms with Crippen molar-refractivity contribution in [1.82, 2.24) is 20.1 Å². The molecule has 1 aliphatic rings. The van der Waals surface area contributed by atoms with Crippen molar-refractivity contribution >= 4 is 11.8 Å². The van der Waals surface area contributed by atoms with E-state index in [9.17, 15) is 9.59 Å². The number of hydrogen-bond acceptors (Lipinski definition) is 4. The van der Waals surface area contributed by atoms with Crippen molar-refractivity contribution in [2.24, 2.45) is 13.0 Å². The fourth-order valence-corrected chi connectivity index (χ4v) is 1.66. The Hall–Kier alpha value is -1.72. The van der Waals surface area contributed by atoms with Gasteiger partial charge in [0.15, 0.2) is 0 Å². The predicted molar refractivity (Wildman–Crippen MR) is 50.6 cm³/mol. The maximum atomic E-state index is 11.5. The molecule has 80 valence electrons. The number of aromatic nitrogens is 3. The van der Waals surface area contributed by atoms with Crippen molar-refractivity contribution in [2.75, 3.05) is 0 Å². The summed E-state index contributed by atoms with van der Waals surface area (Å²) in [4.78, 5) is 26.4. The normalized spacial score (nSPS) is 21.5. The van der Waals surface area contributed by atoms with Gasteiger partial charge in [-0.05, 0) is 6.42 Å². The Morgan fingerprint density at radius 1 is 1.60 bits per heavy atom. The van der Waals surface area contributed by atoms with E-state index in [1.165, 1.54) is 6.33 Å². The van der Waals surface area contributed by atoms with E-state index < -0.39 is 0 Å². The molecule has 1 aliphatic heterocycles. The summed E-state index contributed by atoms with van der Waals surface area (Å²) in [5.41, 5.74) is 0. The van der Waals surface area contributed by atoms with E-state index in [4.69, 9.17) is 0 Å². The van der Waals surface area contributed by atoms with Crippen molar-refractivity contribution in [2.45, 2.75) is 19.3 Å². The number of carbonyl (C=O) groups excluding carboxylic acids is 2. The highest BCUT2D eigenvalue weighted by Gasteiger charge is 2.27. The molecule has 6 nitrogen and oxygen atoms in total. The van der Waals surface area contributed by atoms with Crippen LogP contribution < -0.4 is 5.32 Å². The van der Waals surface area contributed by atoms with Gasteiger partial charge in [-0.3, -0.25) is 19.6 Å². The number of piperidine rings is 1. The first-order valence-corrected chi connectivity index (χ1v) is 4.83. The quantitative estimate of drug-likeness (QED) is 0.659. The molecule has 2 heterocycles. The molecule has 0 bridgehead atoms. The van der Waals surface area contributed by atoms with Gasteiger partial charge in [-0.1, -0.05) is 0 Å². The summed E-state index contributed by atoms with van der Waals surface area (Å²) >= 11 is 0. The van der Waals surface area contributed by atoms with Crippen LogP contribution in [0.1, 0.15) is 18.7 Å². The van der Waals surface area contributed by atoms with Crippen LogP contribution in [0.5, 0.6) is 0 Å². The number of imide groups is 1. The summed E-state index contributed by atoms with van der Waals surface area (Å²) in [6.07, 6.45) is 3.00. The zero-order valence-electron chi connectivity index (χ0n) is 8.43. The summed E-state index contributed by atoms with van der Waals surface area (Å²) in [5, 5.41) is 6.25. The van der Waals surface area contributed by atoms with E-state index in [1.54, 1.807) is 11.7 Å². The van der Waals surface area contributed by atoms with Gasteiger partial charge in [0.1, 0.15) is 12.2 Å². The van der Waals surface area contributed by atoms with E-state index >= 15 is 0 Å². The molecule has 6 heteroatoms. The van der Waals surface area contributed by atoms with Gasteiger partial charge in [0.2, 0.25) is 11.8 Å². The summed E-state index contributed by atoms with van der Waals surface area (Å²) in [6.45, 7) is 0. The van der Waals surface area contributed by atoms with Crippen molar-refractivity contribution < 1.29 is 9.59 Å². The number of nitrogens with zero attached hydrogens (tertiary/aromatic N) is 3. The second kappa shape index (κ2) is 3.80. The van der Waals surface area contributed by atoms with Gasteiger partial charge in [0, 0.05) is 25.8 Å². The van der Waals surface area contributed by atoms with Crippen LogP contribution in [-0.2, 0) is 23.1 Å². The topological polar surface area (TPSA) is 76.9 Å². The first-order valence-electron chi connectivity index (χ1n) is 4.83. The molecule has 1 N–H and O–H groups in total. The predicted octanol–water partition coefficient (Wildman–Crippen LogP) is -0.590. The molecule has 0 aliphatic carbocycles. The van der Waals surface area contributed by atoms with Crippen LogP contribution in [0.25, 0.3) is 0 Å². The Kier molecular flexibility index (Phi) is 2.49. The fourth-order valence-electron chi connectivity index (χ4n) is 1.66. The summed E-state index contributed by atoms with van der Waals surface area (Å²) in [7, 11) is 1.79. The molecule has 0 saturated carbocycles. The minimum Gasteiger partial charge on any atom is -0.296 e. The van der Waals surface area contributed by atoms with Gasteiger partial charge in [-0.15, -0.1) is 0 Å². The van der Waals surface area contributed by atoms with Crippen LogP contribution in [0, 0.1) is 5.92 Å². The zero-order valence-corrected chi connectivity index (χ0v) is 8.43. The third-order valence-electron chi connectivity index (χ3n) is 2.59. The third kappa shape index (κ3) is 2.03. The zero-order chi connectivity index (χ0) is 10.8. The smallest absolute Gasteiger partial charge is 0.230 e. The molecule has 1 atom stereocenters. The minimum atomic E-state index is -0.200. The molecule has 1 saturated heterocycles. The Morgan fingerprint density at radius 3 is 3.00 bits per heavy atom. The number of carbonyl (C=O) groups is 2. The molecule has 1 aromatic rings. The van der Waals surface area contributed by atoms with E-state index in [0.29, 0.717) is 19.3 Å². The number of rotatable bonds is 2. The summed E-state index contributed by atoms with van der Waals surface area (Å²) in [6, 6.07) is 0. The van der Waals surface area contributed by atoms with Gasteiger partial charge in [0.25, 0.3) is 0 Å². The molecule has 0 spiro atoms. The number of aryl methyl sites for hydroxylation is 1. The largest absolute Gasteiger partial charge is 0.296 e. The van der Waals surface area contributed by atoms with Gasteiger partial charge in [-0.25, -0.2) is 4.98 Å². The maximum Gasteiger partial charge on any atom is 0.230 e. The SMILES string of the molecule is Cn1ncnc1CC1CCC(=O)NC1=O. The van der Waals surface area contributed by atoms with E-state index in [0.717, 1.165) is 5.82 Å². The average molecular weight is 208 g/mol. The highest BCUT2D eigenvalue weighted by molar-refractivity contribution is 5.98. The summed E-state index contributed by atoms with van der Waals surface area (Å²) < 4.78 is 1.64. The number of hydrogen-bond donors (Lipinski definition) is 1. The Labute approximate surface area is 86.7 Å². The lowest BCUT2D eigenvalue weighted by molar-refractivity contribution is -0.136. The number of nitrogens with one attached hydrogen (secondary N) is 1. The van der Waals surface area contributed by atoms with Gasteiger partial charge in [-0.2, -0.15) is 5.10 Å². The molecular formula is C9H12N4O2. The van der Waals surface area contributed by atoms with Crippen LogP contribution in [-0.4, -0.2) is 26.6 Å². The van der Waals surface area contributed by atoms with Crippen LogP contribution in [0.2, 0.25) is 0 Å². The second-order valence-corrected chi connectivity index (χ2v) is 3.65. The molecular weight excluding hydrogens is 196 g/mol. The van der Waals surface area contributed by atoms with Crippen LogP contribution >= 0.6 is 0 Å². The van der Waals surface area contributed by atoms with E-state index in [1.807, 2.05) is 0 Å². The highest BCUT2D eigenvalue weighted by Crippen LogP contribution is 2.16. The van der Waals surface area contributed by atoms with Gasteiger partial charge in [0.05, 0.1) is 0 Å². The van der Waals surface area contributed by atoms with Crippen molar-refractivity contribution in [1.29, 1.82) is 0 Å². The highest BCUT2D eigenvalue weighted by atomic mass is 16.2. The Morgan fingerprint density at radius 2 is 2.40 bits per heavy atom. The summed E-state index contributed by atoms with van der Waals surface area (Å²) in [5.74, 6) is 0.221. The first kappa shape index (κ1) is 9.82. The lowest BCUT2D eigenvalue weighted by Gasteiger charge is -2.19. The lowest BCUT2D eigenvalue weighted by Crippen LogP contribution is -2.41. The third-order valence-corrected chi connectivity index (χ3v) is 2.59. The Bertz CT molecular complexity index is 399. The molecule has 2 rings (SSSR count). The monoisotopic (exact) mass is 208 g/mol. The van der Waals surface area contributed by atoms with Crippen molar-refractivity contribution in [3.63, 3.8) is 0 Å². The van der Waals surface area contributed by atoms with Crippen molar-refractivity contribution in [3.05, 3.63) is 12.2 Å². The average Bonchev–Trinajstić information content (AvgIpc) is 2.57. The van der Waals surface area contributed by atoms with Gasteiger partial charge < -0.3 is 0 Å². The second-order valence-electron chi connectivity index (χ2n) is 3.65. The molecule has 2 amide bonds. The fraction of sp³-hybridized carbons (Fsp3) is 0.556. The molecule has 1 aromatic heterocycles. The minimum absolute atomic E-state index is 0.161. The lowest BCUT2D eigenvalue weighted by atomic mass is 9.94. The standard InChI is InChI=1S/C9H12N4O2/c1-13-7(10-5-11-13)4-6-2-3-8(14)12-9(6)15/h5-6H,2-4H2,1H3,(H,12,14,15). The molecule has 15 heavy (non-hydrogen) atoms. The van der Waals surface area contributed by atoms with E-state index in [2.05, 4.69) is 15.4 Å². The molecule has 0 radical (unpaired) electrons. The first-order chi connectivity index (χ1) is 7.16. The van der Waals surface area contributed by atoms with Crippen LogP contribution in [0.3, 0.4) is 0 Å². The van der Waals surface area contributed by atoms with Gasteiger partial charge >= 0.3 is 0 Å². The van der Waals surface area contributed by atoms with Crippen molar-refractivity contribution in [3.8, 4) is 0 Å². The van der Waals surface area contributed by atoms with Crippen LogP contribution in [0.4, 0.5) is 0 Å². The van der Waals surface area contributed by atoms with Crippen LogP contribution in [0.15, 0.2) is 6.33 Å². The Balaban J connectivity index is 2.04. The maximum absolute atomic E-state index is 11.5. The number of amides is 2. The molecule has 0 aromatic carbocycles. The van der Waals surface area contributed by atoms with E-state index in [-0.39, 0.29) is 17.7 Å².